The van der Waals surface area contributed by atoms with Gasteiger partial charge in [0.15, 0.2) is 31.6 Å². The summed E-state index contributed by atoms with van der Waals surface area (Å²) in [4.78, 5) is 21.7. The normalized spacial score (nSPS) is 33.8. The van der Waals surface area contributed by atoms with Gasteiger partial charge in [-0.2, -0.15) is 4.98 Å². The number of halogens is 2. The minimum atomic E-state index is -3.05. The van der Waals surface area contributed by atoms with Crippen LogP contribution in [0.4, 0.5) is 14.7 Å². The molecule has 0 aliphatic carbocycles. The summed E-state index contributed by atoms with van der Waals surface area (Å²) in [6, 6.07) is 0. The second-order valence-corrected chi connectivity index (χ2v) is 7.17. The molecule has 0 radical (unpaired) electrons. The zero-order chi connectivity index (χ0) is 18.6. The van der Waals surface area contributed by atoms with Crippen LogP contribution in [0.3, 0.4) is 0 Å². The van der Waals surface area contributed by atoms with Crippen LogP contribution in [0.25, 0.3) is 11.2 Å². The smallest absolute Gasteiger partial charge is 0.280 e. The van der Waals surface area contributed by atoms with Gasteiger partial charge >= 0.3 is 0 Å². The molecule has 1 aliphatic heterocycles. The molecule has 0 saturated carbocycles. The van der Waals surface area contributed by atoms with Crippen molar-refractivity contribution >= 4 is 25.1 Å². The van der Waals surface area contributed by atoms with Gasteiger partial charge in [0.25, 0.3) is 11.4 Å². The Bertz CT molecular complexity index is 902. The lowest BCUT2D eigenvalue weighted by Gasteiger charge is -2.25. The lowest BCUT2D eigenvalue weighted by molar-refractivity contribution is -0.191. The number of aromatic amines is 1. The van der Waals surface area contributed by atoms with Gasteiger partial charge < -0.3 is 20.1 Å². The molecule has 3 rings (SSSR count). The van der Waals surface area contributed by atoms with Crippen LogP contribution in [0.5, 0.6) is 0 Å². The Kier molecular flexibility index (Phi) is 4.18. The second kappa shape index (κ2) is 5.84. The first-order valence-corrected chi connectivity index (χ1v) is 8.97. The predicted molar refractivity (Wildman–Crippen MR) is 82.9 cm³/mol. The zero-order valence-electron chi connectivity index (χ0n) is 13.2. The van der Waals surface area contributed by atoms with Crippen molar-refractivity contribution in [2.24, 2.45) is 0 Å². The molecular formula is C12H16F2N5O5P. The highest BCUT2D eigenvalue weighted by molar-refractivity contribution is 7.38. The SMILES string of the molecule is C[PH](=O)OC[C@@]1(F)O[C@@H](n2cnc3c(=O)[nH]c(N)nc32)[C@](C)(O)[C@@H]1F. The molecule has 0 aromatic carbocycles. The number of nitrogens with two attached hydrogens (primary N) is 1. The minimum absolute atomic E-state index is 0.118. The van der Waals surface area contributed by atoms with Crippen molar-refractivity contribution in [2.75, 3.05) is 19.0 Å². The fourth-order valence-corrected chi connectivity index (χ4v) is 3.09. The second-order valence-electron chi connectivity index (χ2n) is 5.90. The summed E-state index contributed by atoms with van der Waals surface area (Å²) in [6.45, 7) is 1.24. The van der Waals surface area contributed by atoms with Crippen molar-refractivity contribution in [2.45, 2.75) is 30.8 Å². The quantitative estimate of drug-likeness (QED) is 0.635. The first kappa shape index (κ1) is 17.9. The summed E-state index contributed by atoms with van der Waals surface area (Å²) in [6.07, 6.45) is -3.09. The van der Waals surface area contributed by atoms with Gasteiger partial charge in [-0.15, -0.1) is 0 Å². The van der Waals surface area contributed by atoms with Crippen LogP contribution in [-0.2, 0) is 13.8 Å². The van der Waals surface area contributed by atoms with E-state index in [1.54, 1.807) is 0 Å². The molecule has 1 aliphatic rings. The monoisotopic (exact) mass is 379 g/mol. The summed E-state index contributed by atoms with van der Waals surface area (Å²) >= 11 is 0. The average molecular weight is 379 g/mol. The van der Waals surface area contributed by atoms with Crippen molar-refractivity contribution in [1.29, 1.82) is 0 Å². The third-order valence-electron chi connectivity index (χ3n) is 3.87. The van der Waals surface area contributed by atoms with Gasteiger partial charge in [-0.1, -0.05) is 0 Å². The lowest BCUT2D eigenvalue weighted by atomic mass is 9.97. The van der Waals surface area contributed by atoms with Crippen molar-refractivity contribution in [3.63, 3.8) is 0 Å². The molecule has 1 fully saturated rings. The predicted octanol–water partition coefficient (Wildman–Crippen LogP) is 0.107. The maximum Gasteiger partial charge on any atom is 0.280 e. The number of rotatable bonds is 4. The highest BCUT2D eigenvalue weighted by Crippen LogP contribution is 2.48. The van der Waals surface area contributed by atoms with E-state index in [0.29, 0.717) is 0 Å². The third kappa shape index (κ3) is 2.84. The Balaban J connectivity index is 2.06. The molecule has 4 N–H and O–H groups in total. The van der Waals surface area contributed by atoms with Crippen LogP contribution in [0.15, 0.2) is 11.1 Å². The van der Waals surface area contributed by atoms with Crippen molar-refractivity contribution in [3.8, 4) is 0 Å². The molecular weight excluding hydrogens is 363 g/mol. The van der Waals surface area contributed by atoms with Crippen LogP contribution in [-0.4, -0.2) is 55.5 Å². The number of H-pyrrole nitrogens is 1. The number of hydrogen-bond donors (Lipinski definition) is 3. The first-order valence-electron chi connectivity index (χ1n) is 7.15. The van der Waals surface area contributed by atoms with E-state index in [-0.39, 0.29) is 17.1 Å². The van der Waals surface area contributed by atoms with Crippen molar-refractivity contribution in [1.82, 2.24) is 19.5 Å². The standard InChI is InChI=1S/C12H16F2N5O5P/c1-11(21)8(13)12(14,3-23-25(2)22)24-9(11)19-4-16-5-6(19)17-10(15)18-7(5)20/h4,8-9,21,25H,3H2,1-2H3,(H3,15,17,18,20)/t8-,9+,11+,12+/m0/s1. The number of fused-ring (bicyclic) bond motifs is 1. The van der Waals surface area contributed by atoms with Gasteiger partial charge in [0.1, 0.15) is 12.2 Å². The Morgan fingerprint density at radius 2 is 2.32 bits per heavy atom. The van der Waals surface area contributed by atoms with Crippen molar-refractivity contribution in [3.05, 3.63) is 16.7 Å². The van der Waals surface area contributed by atoms with E-state index in [9.17, 15) is 23.2 Å². The Hall–Kier alpha value is -1.88. The number of nitrogens with one attached hydrogen (secondary N) is 1. The van der Waals surface area contributed by atoms with Crippen LogP contribution in [0.2, 0.25) is 0 Å². The van der Waals surface area contributed by atoms with Gasteiger partial charge in [0, 0.05) is 6.66 Å². The molecule has 5 atom stereocenters. The fourth-order valence-electron chi connectivity index (χ4n) is 2.69. The Morgan fingerprint density at radius 1 is 1.64 bits per heavy atom. The van der Waals surface area contributed by atoms with E-state index >= 15 is 0 Å². The summed E-state index contributed by atoms with van der Waals surface area (Å²) in [5, 5.41) is 10.4. The van der Waals surface area contributed by atoms with Gasteiger partial charge in [-0.3, -0.25) is 18.9 Å². The molecule has 13 heteroatoms. The number of nitrogen functional groups attached to an aromatic ring is 1. The van der Waals surface area contributed by atoms with E-state index in [2.05, 4.69) is 19.5 Å². The molecule has 10 nitrogen and oxygen atoms in total. The number of alkyl halides is 2. The summed E-state index contributed by atoms with van der Waals surface area (Å²) in [5.41, 5.74) is 2.20. The molecule has 1 unspecified atom stereocenters. The molecule has 0 bridgehead atoms. The zero-order valence-corrected chi connectivity index (χ0v) is 14.2. The molecule has 1 saturated heterocycles. The van der Waals surface area contributed by atoms with Crippen molar-refractivity contribution < 1.29 is 27.7 Å². The Labute approximate surface area is 139 Å². The maximum absolute atomic E-state index is 14.8. The molecule has 2 aromatic rings. The van der Waals surface area contributed by atoms with E-state index in [0.717, 1.165) is 17.8 Å². The maximum atomic E-state index is 14.8. The van der Waals surface area contributed by atoms with Gasteiger partial charge in [0.05, 0.1) is 6.33 Å². The highest BCUT2D eigenvalue weighted by Gasteiger charge is 2.64. The topological polar surface area (TPSA) is 145 Å². The number of nitrogens with zero attached hydrogens (tertiary/aromatic N) is 3. The van der Waals surface area contributed by atoms with Crippen LogP contribution in [0.1, 0.15) is 13.2 Å². The van der Waals surface area contributed by atoms with E-state index in [1.165, 1.54) is 6.66 Å². The molecule has 25 heavy (non-hydrogen) atoms. The fraction of sp³-hybridized carbons (Fsp3) is 0.583. The summed E-state index contributed by atoms with van der Waals surface area (Å²) in [5.74, 6) is -3.29. The van der Waals surface area contributed by atoms with Gasteiger partial charge in [0.2, 0.25) is 5.95 Å². The highest BCUT2D eigenvalue weighted by atomic mass is 31.1. The van der Waals surface area contributed by atoms with Crippen LogP contribution >= 0.6 is 8.03 Å². The number of hydrogen-bond acceptors (Lipinski definition) is 8. The Morgan fingerprint density at radius 3 is 2.96 bits per heavy atom. The molecule has 0 amide bonds. The number of anilines is 1. The third-order valence-corrected chi connectivity index (χ3v) is 4.43. The molecule has 3 heterocycles. The number of aromatic nitrogens is 4. The lowest BCUT2D eigenvalue weighted by Crippen LogP contribution is -2.46. The first-order chi connectivity index (χ1) is 11.6. The molecule has 2 aromatic heterocycles. The van der Waals surface area contributed by atoms with Gasteiger partial charge in [-0.25, -0.2) is 13.8 Å². The number of aliphatic hydroxyl groups is 1. The minimum Gasteiger partial charge on any atom is -0.382 e. The summed E-state index contributed by atoms with van der Waals surface area (Å²) in [7, 11) is -2.55. The van der Waals surface area contributed by atoms with E-state index in [4.69, 9.17) is 10.5 Å². The van der Waals surface area contributed by atoms with Crippen LogP contribution < -0.4 is 11.3 Å². The van der Waals surface area contributed by atoms with E-state index in [1.807, 2.05) is 0 Å². The average Bonchev–Trinajstić information content (AvgIpc) is 2.99. The van der Waals surface area contributed by atoms with E-state index < -0.39 is 44.0 Å². The molecule has 0 spiro atoms. The number of imidazole rings is 1. The molecule has 138 valence electrons. The summed E-state index contributed by atoms with van der Waals surface area (Å²) < 4.78 is 51.1. The number of ether oxygens (including phenoxy) is 1. The largest absolute Gasteiger partial charge is 0.382 e. The van der Waals surface area contributed by atoms with Crippen LogP contribution in [0, 0.1) is 0 Å². The van der Waals surface area contributed by atoms with Gasteiger partial charge in [-0.05, 0) is 6.92 Å².